The summed E-state index contributed by atoms with van der Waals surface area (Å²) in [6.45, 7) is 4.95. The summed E-state index contributed by atoms with van der Waals surface area (Å²) in [5.41, 5.74) is -0.880. The van der Waals surface area contributed by atoms with E-state index in [-0.39, 0.29) is 24.0 Å². The van der Waals surface area contributed by atoms with E-state index in [1.165, 1.54) is 4.31 Å². The molecule has 0 spiro atoms. The standard InChI is InChI=1S/C16H19F3N4O3S/c1-11(15-20-12(2)21-26-15)22-7-9-23(10-8-22)27(24,25)14-5-3-13(4-6-14)16(17,18)19/h3-6,11H,7-10H2,1-2H3/t11-/m1/s1. The van der Waals surface area contributed by atoms with E-state index in [0.717, 1.165) is 24.3 Å². The van der Waals surface area contributed by atoms with Gasteiger partial charge in [0.25, 0.3) is 0 Å². The van der Waals surface area contributed by atoms with E-state index in [1.807, 2.05) is 11.8 Å². The molecule has 2 aromatic rings. The number of nitrogens with zero attached hydrogens (tertiary/aromatic N) is 4. The van der Waals surface area contributed by atoms with Gasteiger partial charge in [0.2, 0.25) is 15.9 Å². The van der Waals surface area contributed by atoms with Crippen LogP contribution in [0.4, 0.5) is 13.2 Å². The molecule has 3 rings (SSSR count). The van der Waals surface area contributed by atoms with Crippen molar-refractivity contribution in [3.8, 4) is 0 Å². The lowest BCUT2D eigenvalue weighted by Gasteiger charge is -2.36. The number of hydrogen-bond donors (Lipinski definition) is 0. The minimum Gasteiger partial charge on any atom is -0.338 e. The monoisotopic (exact) mass is 404 g/mol. The minimum atomic E-state index is -4.50. The quantitative estimate of drug-likeness (QED) is 0.779. The molecule has 0 bridgehead atoms. The molecule has 0 radical (unpaired) electrons. The van der Waals surface area contributed by atoms with Crippen LogP contribution in [0.15, 0.2) is 33.7 Å². The number of aryl methyl sites for hydroxylation is 1. The first-order valence-electron chi connectivity index (χ1n) is 8.30. The van der Waals surface area contributed by atoms with Crippen LogP contribution >= 0.6 is 0 Å². The number of piperazine rings is 1. The van der Waals surface area contributed by atoms with Gasteiger partial charge >= 0.3 is 6.18 Å². The van der Waals surface area contributed by atoms with Crippen LogP contribution in [-0.2, 0) is 16.2 Å². The van der Waals surface area contributed by atoms with Crippen LogP contribution < -0.4 is 0 Å². The normalized spacial score (nSPS) is 18.6. The zero-order valence-corrected chi connectivity index (χ0v) is 15.6. The van der Waals surface area contributed by atoms with Crippen molar-refractivity contribution in [3.05, 3.63) is 41.5 Å². The van der Waals surface area contributed by atoms with Crippen LogP contribution in [0.3, 0.4) is 0 Å². The second-order valence-corrected chi connectivity index (χ2v) is 8.26. The number of alkyl halides is 3. The van der Waals surface area contributed by atoms with Crippen LogP contribution in [0, 0.1) is 6.92 Å². The van der Waals surface area contributed by atoms with E-state index >= 15 is 0 Å². The molecular weight excluding hydrogens is 385 g/mol. The zero-order chi connectivity index (χ0) is 19.8. The molecule has 2 heterocycles. The van der Waals surface area contributed by atoms with Gasteiger partial charge in [0, 0.05) is 26.2 Å². The van der Waals surface area contributed by atoms with E-state index < -0.39 is 21.8 Å². The summed E-state index contributed by atoms with van der Waals surface area (Å²) in [5, 5.41) is 3.75. The van der Waals surface area contributed by atoms with Gasteiger partial charge in [-0.3, -0.25) is 4.90 Å². The predicted octanol–water partition coefficient (Wildman–Crippen LogP) is 2.46. The molecule has 1 fully saturated rings. The Labute approximate surface area is 154 Å². The molecule has 1 atom stereocenters. The van der Waals surface area contributed by atoms with Crippen molar-refractivity contribution < 1.29 is 26.1 Å². The van der Waals surface area contributed by atoms with Crippen molar-refractivity contribution in [2.24, 2.45) is 0 Å². The zero-order valence-electron chi connectivity index (χ0n) is 14.8. The number of hydrogen-bond acceptors (Lipinski definition) is 6. The lowest BCUT2D eigenvalue weighted by molar-refractivity contribution is -0.137. The Morgan fingerprint density at radius 3 is 2.19 bits per heavy atom. The maximum Gasteiger partial charge on any atom is 0.416 e. The van der Waals surface area contributed by atoms with Gasteiger partial charge < -0.3 is 4.52 Å². The lowest BCUT2D eigenvalue weighted by Crippen LogP contribution is -2.49. The third-order valence-electron chi connectivity index (χ3n) is 4.54. The summed E-state index contributed by atoms with van der Waals surface area (Å²) in [6.07, 6.45) is -4.50. The third kappa shape index (κ3) is 4.14. The lowest BCUT2D eigenvalue weighted by atomic mass is 10.2. The van der Waals surface area contributed by atoms with Gasteiger partial charge in [0.05, 0.1) is 16.5 Å². The average molecular weight is 404 g/mol. The predicted molar refractivity (Wildman–Crippen MR) is 89.2 cm³/mol. The molecule has 0 amide bonds. The summed E-state index contributed by atoms with van der Waals surface area (Å²) in [5.74, 6) is 0.993. The average Bonchev–Trinajstić information content (AvgIpc) is 3.07. The van der Waals surface area contributed by atoms with Crippen molar-refractivity contribution >= 4 is 10.0 Å². The first-order chi connectivity index (χ1) is 12.6. The Kier molecular flexibility index (Phi) is 5.28. The molecule has 0 N–H and O–H groups in total. The van der Waals surface area contributed by atoms with Crippen LogP contribution in [0.1, 0.15) is 30.2 Å². The SMILES string of the molecule is Cc1noc([C@@H](C)N2CCN(S(=O)(=O)c3ccc(C(F)(F)F)cc3)CC2)n1. The Bertz CT molecular complexity index is 888. The number of benzene rings is 1. The summed E-state index contributed by atoms with van der Waals surface area (Å²) in [7, 11) is -3.85. The second-order valence-electron chi connectivity index (χ2n) is 6.32. The molecule has 1 aromatic heterocycles. The molecular formula is C16H19F3N4O3S. The van der Waals surface area contributed by atoms with Gasteiger partial charge in [-0.15, -0.1) is 0 Å². The molecule has 1 aliphatic rings. The first-order valence-corrected chi connectivity index (χ1v) is 9.75. The van der Waals surface area contributed by atoms with Crippen molar-refractivity contribution in [1.29, 1.82) is 0 Å². The largest absolute Gasteiger partial charge is 0.416 e. The minimum absolute atomic E-state index is 0.149. The molecule has 148 valence electrons. The van der Waals surface area contributed by atoms with Gasteiger partial charge in [-0.1, -0.05) is 5.16 Å². The fourth-order valence-corrected chi connectivity index (χ4v) is 4.36. The Morgan fingerprint density at radius 2 is 1.70 bits per heavy atom. The van der Waals surface area contributed by atoms with Crippen molar-refractivity contribution in [3.63, 3.8) is 0 Å². The number of sulfonamides is 1. The highest BCUT2D eigenvalue weighted by atomic mass is 32.2. The van der Waals surface area contributed by atoms with Gasteiger partial charge in [0.15, 0.2) is 5.82 Å². The molecule has 7 nitrogen and oxygen atoms in total. The van der Waals surface area contributed by atoms with Gasteiger partial charge in [-0.25, -0.2) is 8.42 Å². The van der Waals surface area contributed by atoms with E-state index in [9.17, 15) is 21.6 Å². The van der Waals surface area contributed by atoms with E-state index in [2.05, 4.69) is 10.1 Å². The number of rotatable bonds is 4. The Morgan fingerprint density at radius 1 is 1.11 bits per heavy atom. The molecule has 0 unspecified atom stereocenters. The highest BCUT2D eigenvalue weighted by molar-refractivity contribution is 7.89. The molecule has 27 heavy (non-hydrogen) atoms. The highest BCUT2D eigenvalue weighted by Gasteiger charge is 2.33. The summed E-state index contributed by atoms with van der Waals surface area (Å²) < 4.78 is 69.7. The summed E-state index contributed by atoms with van der Waals surface area (Å²) in [4.78, 5) is 6.06. The van der Waals surface area contributed by atoms with Crippen molar-refractivity contribution in [2.45, 2.75) is 31.0 Å². The van der Waals surface area contributed by atoms with Crippen molar-refractivity contribution in [1.82, 2.24) is 19.3 Å². The number of aromatic nitrogens is 2. The molecule has 1 aliphatic heterocycles. The highest BCUT2D eigenvalue weighted by Crippen LogP contribution is 2.30. The molecule has 0 saturated carbocycles. The molecule has 11 heteroatoms. The molecule has 0 aliphatic carbocycles. The summed E-state index contributed by atoms with van der Waals surface area (Å²) in [6, 6.07) is 3.40. The van der Waals surface area contributed by atoms with E-state index in [0.29, 0.717) is 24.8 Å². The fraction of sp³-hybridized carbons (Fsp3) is 0.500. The maximum atomic E-state index is 12.7. The van der Waals surface area contributed by atoms with Crippen molar-refractivity contribution in [2.75, 3.05) is 26.2 Å². The first kappa shape index (κ1) is 19.8. The fourth-order valence-electron chi connectivity index (χ4n) is 2.94. The van der Waals surface area contributed by atoms with Gasteiger partial charge in [-0.05, 0) is 38.1 Å². The Hall–Kier alpha value is -1.98. The molecule has 1 saturated heterocycles. The maximum absolute atomic E-state index is 12.7. The van der Waals surface area contributed by atoms with Gasteiger partial charge in [-0.2, -0.15) is 22.5 Å². The third-order valence-corrected chi connectivity index (χ3v) is 6.45. The Balaban J connectivity index is 1.67. The van der Waals surface area contributed by atoms with Crippen LogP contribution in [0.5, 0.6) is 0 Å². The van der Waals surface area contributed by atoms with Crippen LogP contribution in [0.25, 0.3) is 0 Å². The topological polar surface area (TPSA) is 79.5 Å². The van der Waals surface area contributed by atoms with E-state index in [4.69, 9.17) is 4.52 Å². The van der Waals surface area contributed by atoms with Crippen LogP contribution in [-0.4, -0.2) is 53.9 Å². The number of halogens is 3. The smallest absolute Gasteiger partial charge is 0.338 e. The van der Waals surface area contributed by atoms with Crippen LogP contribution in [0.2, 0.25) is 0 Å². The summed E-state index contributed by atoms with van der Waals surface area (Å²) >= 11 is 0. The van der Waals surface area contributed by atoms with Gasteiger partial charge in [0.1, 0.15) is 0 Å². The molecule has 1 aromatic carbocycles. The van der Waals surface area contributed by atoms with E-state index in [1.54, 1.807) is 6.92 Å². The second kappa shape index (κ2) is 7.21.